The van der Waals surface area contributed by atoms with Crippen molar-refractivity contribution >= 4 is 17.6 Å². The Morgan fingerprint density at radius 2 is 1.95 bits per heavy atom. The molecule has 0 saturated carbocycles. The van der Waals surface area contributed by atoms with E-state index < -0.39 is 12.1 Å². The fourth-order valence-corrected chi connectivity index (χ4v) is 1.78. The van der Waals surface area contributed by atoms with Gasteiger partial charge in [0.15, 0.2) is 6.10 Å². The molecule has 0 spiro atoms. The van der Waals surface area contributed by atoms with Crippen molar-refractivity contribution in [1.82, 2.24) is 5.16 Å². The Morgan fingerprint density at radius 1 is 1.29 bits per heavy atom. The van der Waals surface area contributed by atoms with E-state index in [-0.39, 0.29) is 11.7 Å². The van der Waals surface area contributed by atoms with E-state index in [9.17, 15) is 9.59 Å². The lowest BCUT2D eigenvalue weighted by Crippen LogP contribution is -2.37. The summed E-state index contributed by atoms with van der Waals surface area (Å²) in [5.41, 5.74) is 1.29. The number of amides is 1. The molecule has 0 aliphatic heterocycles. The summed E-state index contributed by atoms with van der Waals surface area (Å²) in [5, 5.41) is 3.60. The SMILES string of the molecule is Cc1cc(C(=O)OC(C)C(=O)N(C)c2ccccc2)on1. The average molecular weight is 288 g/mol. The molecule has 21 heavy (non-hydrogen) atoms. The number of likely N-dealkylation sites (N-methyl/N-ethyl adjacent to an activating group) is 1. The highest BCUT2D eigenvalue weighted by Crippen LogP contribution is 2.14. The standard InChI is InChI=1S/C15H16N2O4/c1-10-9-13(21-16-10)15(19)20-11(2)14(18)17(3)12-7-5-4-6-8-12/h4-9,11H,1-3H3. The van der Waals surface area contributed by atoms with E-state index in [4.69, 9.17) is 9.26 Å². The third-order valence-electron chi connectivity index (χ3n) is 2.93. The number of esters is 1. The number of carbonyl (C=O) groups is 2. The largest absolute Gasteiger partial charge is 0.447 e. The van der Waals surface area contributed by atoms with Gasteiger partial charge >= 0.3 is 5.97 Å². The van der Waals surface area contributed by atoms with Crippen LogP contribution < -0.4 is 4.90 Å². The Hall–Kier alpha value is -2.63. The van der Waals surface area contributed by atoms with Crippen molar-refractivity contribution in [2.75, 3.05) is 11.9 Å². The third-order valence-corrected chi connectivity index (χ3v) is 2.93. The van der Waals surface area contributed by atoms with E-state index in [0.717, 1.165) is 5.69 Å². The Labute approximate surface area is 122 Å². The molecule has 1 heterocycles. The van der Waals surface area contributed by atoms with Crippen molar-refractivity contribution < 1.29 is 18.8 Å². The van der Waals surface area contributed by atoms with Crippen molar-refractivity contribution in [2.24, 2.45) is 0 Å². The number of aryl methyl sites for hydroxylation is 1. The maximum atomic E-state index is 12.2. The van der Waals surface area contributed by atoms with Crippen molar-refractivity contribution in [3.05, 3.63) is 47.9 Å². The van der Waals surface area contributed by atoms with Crippen LogP contribution in [0.3, 0.4) is 0 Å². The summed E-state index contributed by atoms with van der Waals surface area (Å²) in [6.07, 6.45) is -0.923. The summed E-state index contributed by atoms with van der Waals surface area (Å²) in [6.45, 7) is 3.21. The van der Waals surface area contributed by atoms with Crippen LogP contribution in [0.5, 0.6) is 0 Å². The first-order valence-electron chi connectivity index (χ1n) is 6.46. The molecule has 0 radical (unpaired) electrons. The monoisotopic (exact) mass is 288 g/mol. The first kappa shape index (κ1) is 14.8. The molecular weight excluding hydrogens is 272 g/mol. The van der Waals surface area contributed by atoms with Crippen LogP contribution in [-0.2, 0) is 9.53 Å². The molecule has 6 nitrogen and oxygen atoms in total. The molecule has 0 aliphatic rings. The van der Waals surface area contributed by atoms with Crippen LogP contribution in [0.2, 0.25) is 0 Å². The quantitative estimate of drug-likeness (QED) is 0.806. The minimum absolute atomic E-state index is 0.0190. The molecular formula is C15H16N2O4. The zero-order chi connectivity index (χ0) is 15.4. The van der Waals surface area contributed by atoms with Gasteiger partial charge in [-0.2, -0.15) is 0 Å². The van der Waals surface area contributed by atoms with Crippen LogP contribution in [-0.4, -0.2) is 30.2 Å². The number of nitrogens with zero attached hydrogens (tertiary/aromatic N) is 2. The van der Waals surface area contributed by atoms with Gasteiger partial charge in [-0.25, -0.2) is 4.79 Å². The van der Waals surface area contributed by atoms with Gasteiger partial charge in [0.1, 0.15) is 0 Å². The number of carbonyl (C=O) groups excluding carboxylic acids is 2. The van der Waals surface area contributed by atoms with E-state index in [0.29, 0.717) is 5.69 Å². The number of anilines is 1. The van der Waals surface area contributed by atoms with E-state index in [1.165, 1.54) is 17.9 Å². The molecule has 2 aromatic rings. The van der Waals surface area contributed by atoms with E-state index in [2.05, 4.69) is 5.16 Å². The van der Waals surface area contributed by atoms with Gasteiger partial charge in [-0.05, 0) is 26.0 Å². The van der Waals surface area contributed by atoms with Gasteiger partial charge in [0.25, 0.3) is 5.91 Å². The second kappa shape index (κ2) is 6.21. The van der Waals surface area contributed by atoms with Crippen molar-refractivity contribution in [3.63, 3.8) is 0 Å². The number of hydrogen-bond donors (Lipinski definition) is 0. The fourth-order valence-electron chi connectivity index (χ4n) is 1.78. The number of ether oxygens (including phenoxy) is 1. The first-order valence-corrected chi connectivity index (χ1v) is 6.46. The predicted molar refractivity (Wildman–Crippen MR) is 76.0 cm³/mol. The van der Waals surface area contributed by atoms with Crippen molar-refractivity contribution in [1.29, 1.82) is 0 Å². The Kier molecular flexibility index (Phi) is 4.37. The van der Waals surface area contributed by atoms with E-state index in [1.54, 1.807) is 26.1 Å². The number of aromatic nitrogens is 1. The van der Waals surface area contributed by atoms with Gasteiger partial charge in [-0.1, -0.05) is 23.4 Å². The van der Waals surface area contributed by atoms with E-state index >= 15 is 0 Å². The lowest BCUT2D eigenvalue weighted by atomic mass is 10.2. The van der Waals surface area contributed by atoms with E-state index in [1.807, 2.05) is 18.2 Å². The lowest BCUT2D eigenvalue weighted by molar-refractivity contribution is -0.126. The zero-order valence-electron chi connectivity index (χ0n) is 12.1. The number of rotatable bonds is 4. The highest BCUT2D eigenvalue weighted by molar-refractivity contribution is 5.98. The topological polar surface area (TPSA) is 72.6 Å². The van der Waals surface area contributed by atoms with Crippen LogP contribution in [0, 0.1) is 6.92 Å². The maximum Gasteiger partial charge on any atom is 0.377 e. The minimum Gasteiger partial charge on any atom is -0.447 e. The van der Waals surface area contributed by atoms with Crippen LogP contribution in [0.1, 0.15) is 23.2 Å². The number of para-hydroxylation sites is 1. The Balaban J connectivity index is 2.01. The third kappa shape index (κ3) is 3.47. The Morgan fingerprint density at radius 3 is 2.52 bits per heavy atom. The second-order valence-electron chi connectivity index (χ2n) is 4.61. The summed E-state index contributed by atoms with van der Waals surface area (Å²) < 4.78 is 9.89. The summed E-state index contributed by atoms with van der Waals surface area (Å²) in [6, 6.07) is 10.6. The molecule has 110 valence electrons. The van der Waals surface area contributed by atoms with Gasteiger partial charge in [-0.15, -0.1) is 0 Å². The van der Waals surface area contributed by atoms with Crippen LogP contribution in [0.25, 0.3) is 0 Å². The molecule has 0 aliphatic carbocycles. The summed E-state index contributed by atoms with van der Waals surface area (Å²) >= 11 is 0. The molecule has 0 saturated heterocycles. The summed E-state index contributed by atoms with van der Waals surface area (Å²) in [7, 11) is 1.63. The van der Waals surface area contributed by atoms with Crippen LogP contribution in [0.4, 0.5) is 5.69 Å². The van der Waals surface area contributed by atoms with Gasteiger partial charge < -0.3 is 14.2 Å². The molecule has 0 fully saturated rings. The van der Waals surface area contributed by atoms with Gasteiger partial charge in [0, 0.05) is 18.8 Å². The van der Waals surface area contributed by atoms with Crippen molar-refractivity contribution in [3.8, 4) is 0 Å². The second-order valence-corrected chi connectivity index (χ2v) is 4.61. The van der Waals surface area contributed by atoms with Gasteiger partial charge in [0.2, 0.25) is 5.76 Å². The van der Waals surface area contributed by atoms with Gasteiger partial charge in [0.05, 0.1) is 5.69 Å². The number of hydrogen-bond acceptors (Lipinski definition) is 5. The first-order chi connectivity index (χ1) is 9.99. The molecule has 1 atom stereocenters. The molecule has 1 aromatic carbocycles. The predicted octanol–water partition coefficient (Wildman–Crippen LogP) is 2.19. The van der Waals surface area contributed by atoms with Gasteiger partial charge in [-0.3, -0.25) is 4.79 Å². The average Bonchev–Trinajstić information content (AvgIpc) is 2.93. The normalized spacial score (nSPS) is 11.8. The molecule has 1 aromatic heterocycles. The molecule has 1 amide bonds. The van der Waals surface area contributed by atoms with Crippen LogP contribution in [0.15, 0.2) is 40.9 Å². The number of benzene rings is 1. The maximum absolute atomic E-state index is 12.2. The summed E-state index contributed by atoms with van der Waals surface area (Å²) in [4.78, 5) is 25.5. The van der Waals surface area contributed by atoms with Crippen LogP contribution >= 0.6 is 0 Å². The zero-order valence-corrected chi connectivity index (χ0v) is 12.1. The molecule has 1 unspecified atom stereocenters. The summed E-state index contributed by atoms with van der Waals surface area (Å²) in [5.74, 6) is -1.06. The molecule has 2 rings (SSSR count). The van der Waals surface area contributed by atoms with Crippen molar-refractivity contribution in [2.45, 2.75) is 20.0 Å². The molecule has 0 bridgehead atoms. The highest BCUT2D eigenvalue weighted by Gasteiger charge is 2.24. The Bertz CT molecular complexity index is 636. The smallest absolute Gasteiger partial charge is 0.377 e. The minimum atomic E-state index is -0.923. The highest BCUT2D eigenvalue weighted by atomic mass is 16.6. The molecule has 0 N–H and O–H groups in total. The fraction of sp³-hybridized carbons (Fsp3) is 0.267. The molecule has 6 heteroatoms. The lowest BCUT2D eigenvalue weighted by Gasteiger charge is -2.21.